The van der Waals surface area contributed by atoms with E-state index in [0.717, 1.165) is 18.4 Å². The van der Waals surface area contributed by atoms with E-state index >= 15 is 4.39 Å². The van der Waals surface area contributed by atoms with Crippen molar-refractivity contribution in [3.8, 4) is 0 Å². The summed E-state index contributed by atoms with van der Waals surface area (Å²) in [5.41, 5.74) is 9.85. The molecule has 0 heterocycles. The second kappa shape index (κ2) is 9.75. The van der Waals surface area contributed by atoms with Gasteiger partial charge in [-0.2, -0.15) is 0 Å². The van der Waals surface area contributed by atoms with Gasteiger partial charge >= 0.3 is 0 Å². The monoisotopic (exact) mass is 520 g/mol. The fourth-order valence-corrected chi connectivity index (χ4v) is 6.87. The van der Waals surface area contributed by atoms with E-state index in [1.54, 1.807) is 13.8 Å². The Kier molecular flexibility index (Phi) is 6.04. The number of hydrogen-bond donors (Lipinski definition) is 0. The Morgan fingerprint density at radius 3 is 2.25 bits per heavy atom. The van der Waals surface area contributed by atoms with Crippen molar-refractivity contribution in [2.24, 2.45) is 5.92 Å². The van der Waals surface area contributed by atoms with Crippen LogP contribution in [0.3, 0.4) is 0 Å². The second-order valence-electron chi connectivity index (χ2n) is 11.7. The van der Waals surface area contributed by atoms with Crippen LogP contribution >= 0.6 is 0 Å². The molecular weight excluding hydrogens is 487 g/mol. The van der Waals surface area contributed by atoms with E-state index < -0.39 is 5.67 Å². The van der Waals surface area contributed by atoms with Crippen molar-refractivity contribution in [1.82, 2.24) is 0 Å². The van der Waals surface area contributed by atoms with Gasteiger partial charge in [-0.25, -0.2) is 4.39 Å². The third-order valence-corrected chi connectivity index (χ3v) is 8.83. The minimum Gasteiger partial charge on any atom is -0.239 e. The largest absolute Gasteiger partial charge is 0.239 e. The Balaban J connectivity index is 1.49. The Hall–Kier alpha value is -4.23. The highest BCUT2D eigenvalue weighted by Gasteiger charge is 2.38. The van der Waals surface area contributed by atoms with Gasteiger partial charge in [0, 0.05) is 5.92 Å². The molecule has 0 spiro atoms. The van der Waals surface area contributed by atoms with Crippen molar-refractivity contribution in [2.45, 2.75) is 38.3 Å². The highest BCUT2D eigenvalue weighted by Crippen LogP contribution is 2.53. The molecule has 0 saturated carbocycles. The molecular formula is C39H33F. The highest BCUT2D eigenvalue weighted by atomic mass is 19.1. The van der Waals surface area contributed by atoms with Gasteiger partial charge in [0.05, 0.1) is 0 Å². The molecule has 2 aliphatic carbocycles. The van der Waals surface area contributed by atoms with Gasteiger partial charge in [0.1, 0.15) is 5.67 Å². The van der Waals surface area contributed by atoms with Crippen LogP contribution in [0.5, 0.6) is 0 Å². The Morgan fingerprint density at radius 1 is 0.675 bits per heavy atom. The quantitative estimate of drug-likeness (QED) is 0.221. The minimum atomic E-state index is -1.38. The zero-order chi connectivity index (χ0) is 27.3. The Labute approximate surface area is 236 Å². The predicted octanol–water partition coefficient (Wildman–Crippen LogP) is 10.5. The van der Waals surface area contributed by atoms with Crippen LogP contribution in [0.25, 0.3) is 21.9 Å². The number of fused-ring (bicyclic) bond motifs is 3. The van der Waals surface area contributed by atoms with Crippen LogP contribution < -0.4 is 0 Å². The Bertz CT molecular complexity index is 1780. The molecule has 2 aliphatic rings. The molecule has 0 nitrogen and oxygen atoms in total. The van der Waals surface area contributed by atoms with Crippen LogP contribution in [-0.2, 0) is 5.67 Å². The Morgan fingerprint density at radius 2 is 1.43 bits per heavy atom. The summed E-state index contributed by atoms with van der Waals surface area (Å²) in [5, 5.41) is 2.51. The number of alkyl halides is 1. The molecule has 0 aromatic heterocycles. The molecule has 7 rings (SSSR count). The molecule has 0 radical (unpaired) electrons. The van der Waals surface area contributed by atoms with Gasteiger partial charge in [0.15, 0.2) is 0 Å². The zero-order valence-electron chi connectivity index (χ0n) is 23.1. The van der Waals surface area contributed by atoms with Gasteiger partial charge in [-0.3, -0.25) is 0 Å². The summed E-state index contributed by atoms with van der Waals surface area (Å²) >= 11 is 0. The minimum absolute atomic E-state index is 0.172. The number of halogens is 1. The van der Waals surface area contributed by atoms with E-state index in [4.69, 9.17) is 0 Å². The third-order valence-electron chi connectivity index (χ3n) is 8.83. The van der Waals surface area contributed by atoms with Crippen molar-refractivity contribution in [3.63, 3.8) is 0 Å². The van der Waals surface area contributed by atoms with Gasteiger partial charge in [-0.05, 0) is 99.5 Å². The van der Waals surface area contributed by atoms with Crippen LogP contribution in [0.4, 0.5) is 4.39 Å². The van der Waals surface area contributed by atoms with Crippen molar-refractivity contribution in [1.29, 1.82) is 0 Å². The number of rotatable bonds is 4. The molecule has 2 unspecified atom stereocenters. The van der Waals surface area contributed by atoms with Gasteiger partial charge in [0.25, 0.3) is 0 Å². The average molecular weight is 521 g/mol. The van der Waals surface area contributed by atoms with E-state index in [1.165, 1.54) is 55.3 Å². The average Bonchev–Trinajstić information content (AvgIpc) is 2.99. The fraction of sp³-hybridized carbons (Fsp3) is 0.179. The van der Waals surface area contributed by atoms with Gasteiger partial charge < -0.3 is 0 Å². The lowest BCUT2D eigenvalue weighted by atomic mass is 9.63. The van der Waals surface area contributed by atoms with E-state index in [-0.39, 0.29) is 5.92 Å². The normalized spacial score (nSPS) is 18.7. The first kappa shape index (κ1) is 24.8. The molecule has 0 saturated heterocycles. The fourth-order valence-electron chi connectivity index (χ4n) is 6.87. The van der Waals surface area contributed by atoms with Gasteiger partial charge in [-0.1, -0.05) is 121 Å². The first-order valence-corrected chi connectivity index (χ1v) is 14.4. The van der Waals surface area contributed by atoms with Crippen LogP contribution in [0.15, 0.2) is 133 Å². The summed E-state index contributed by atoms with van der Waals surface area (Å²) in [6, 6.07) is 43.4. The number of allylic oxidation sites excluding steroid dienone is 3. The summed E-state index contributed by atoms with van der Waals surface area (Å²) in [4.78, 5) is 0. The zero-order valence-corrected chi connectivity index (χ0v) is 23.1. The summed E-state index contributed by atoms with van der Waals surface area (Å²) in [7, 11) is 0. The topological polar surface area (TPSA) is 0 Å². The summed E-state index contributed by atoms with van der Waals surface area (Å²) in [6.07, 6.45) is 4.55. The van der Waals surface area contributed by atoms with Crippen LogP contribution in [0.2, 0.25) is 0 Å². The molecule has 0 N–H and O–H groups in total. The predicted molar refractivity (Wildman–Crippen MR) is 166 cm³/mol. The van der Waals surface area contributed by atoms with E-state index in [2.05, 4.69) is 115 Å². The number of benzene rings is 5. The summed E-state index contributed by atoms with van der Waals surface area (Å²) in [5.74, 6) is 0.480. The van der Waals surface area contributed by atoms with E-state index in [1.807, 2.05) is 12.1 Å². The third kappa shape index (κ3) is 4.31. The van der Waals surface area contributed by atoms with E-state index in [0.29, 0.717) is 5.92 Å². The van der Waals surface area contributed by atoms with Crippen LogP contribution in [-0.4, -0.2) is 0 Å². The molecule has 1 heteroatoms. The second-order valence-corrected chi connectivity index (χ2v) is 11.7. The molecule has 2 atom stereocenters. The van der Waals surface area contributed by atoms with Crippen LogP contribution in [0, 0.1) is 5.92 Å². The van der Waals surface area contributed by atoms with Gasteiger partial charge in [0.2, 0.25) is 0 Å². The molecule has 5 aromatic rings. The smallest absolute Gasteiger partial charge is 0.130 e. The summed E-state index contributed by atoms with van der Waals surface area (Å²) < 4.78 is 15.1. The maximum atomic E-state index is 15.1. The molecule has 0 bridgehead atoms. The molecule has 0 fully saturated rings. The molecule has 0 aliphatic heterocycles. The van der Waals surface area contributed by atoms with Crippen LogP contribution in [0.1, 0.15) is 66.0 Å². The van der Waals surface area contributed by atoms with Crippen molar-refractivity contribution in [3.05, 3.63) is 166 Å². The van der Waals surface area contributed by atoms with E-state index in [9.17, 15) is 0 Å². The lowest BCUT2D eigenvalue weighted by Gasteiger charge is -2.40. The molecule has 196 valence electrons. The first-order valence-electron chi connectivity index (χ1n) is 14.4. The molecule has 40 heavy (non-hydrogen) atoms. The molecule has 0 amide bonds. The maximum Gasteiger partial charge on any atom is 0.130 e. The maximum absolute atomic E-state index is 15.1. The lowest BCUT2D eigenvalue weighted by Crippen LogP contribution is -2.26. The van der Waals surface area contributed by atoms with Crippen molar-refractivity contribution < 1.29 is 4.39 Å². The molecule has 5 aromatic carbocycles. The lowest BCUT2D eigenvalue weighted by molar-refractivity contribution is 0.221. The number of hydrogen-bond acceptors (Lipinski definition) is 0. The van der Waals surface area contributed by atoms with Crippen molar-refractivity contribution >= 4 is 21.9 Å². The first-order chi connectivity index (χ1) is 19.5. The SMILES string of the molecule is CC(C)(F)c1cccc(C2c3ccccc3C(c3ccc4ccccc4c3)=C3C=C(c4ccccc4)CCC32)c1. The van der Waals surface area contributed by atoms with Crippen molar-refractivity contribution in [2.75, 3.05) is 0 Å². The van der Waals surface area contributed by atoms with Gasteiger partial charge in [-0.15, -0.1) is 0 Å². The standard InChI is InChI=1S/C39H33F/c1-39(2,40)32-16-10-15-30(24-32)37-33-17-8-9-18-34(33)38(31-20-19-27-13-6-7-14-28(27)23-31)36-25-29(21-22-35(36)37)26-11-4-3-5-12-26/h3-20,23-25,35,37H,21-22H2,1-2H3. The highest BCUT2D eigenvalue weighted by molar-refractivity contribution is 5.94. The summed E-state index contributed by atoms with van der Waals surface area (Å²) in [6.45, 7) is 3.30.